The van der Waals surface area contributed by atoms with E-state index in [1.807, 2.05) is 0 Å². The van der Waals surface area contributed by atoms with Crippen molar-refractivity contribution in [3.8, 4) is 5.75 Å². The minimum Gasteiger partial charge on any atom is -0.478 e. The standard InChI is InChI=1S/C12H10F3N3O3/c13-12(14,15)21-10-7-8(3-1-2-6-17-18-16)4-5-9(10)11(19)20/h1,3-5,7H,2,6H2,(H,19,20). The van der Waals surface area contributed by atoms with Crippen LogP contribution < -0.4 is 4.74 Å². The summed E-state index contributed by atoms with van der Waals surface area (Å²) in [5, 5.41) is 12.1. The molecule has 9 heteroatoms. The summed E-state index contributed by atoms with van der Waals surface area (Å²) in [6.45, 7) is 0.214. The van der Waals surface area contributed by atoms with Crippen molar-refractivity contribution in [1.29, 1.82) is 0 Å². The first-order valence-electron chi connectivity index (χ1n) is 5.64. The summed E-state index contributed by atoms with van der Waals surface area (Å²) >= 11 is 0. The summed E-state index contributed by atoms with van der Waals surface area (Å²) in [7, 11) is 0. The molecule has 0 spiro atoms. The molecule has 0 saturated carbocycles. The number of carboxylic acids is 1. The molecule has 0 amide bonds. The van der Waals surface area contributed by atoms with Gasteiger partial charge in [-0.25, -0.2) is 4.79 Å². The van der Waals surface area contributed by atoms with E-state index in [1.165, 1.54) is 12.1 Å². The number of aromatic carboxylic acids is 1. The van der Waals surface area contributed by atoms with Crippen molar-refractivity contribution in [3.63, 3.8) is 0 Å². The van der Waals surface area contributed by atoms with Gasteiger partial charge in [0.25, 0.3) is 0 Å². The molecule has 1 rings (SSSR count). The lowest BCUT2D eigenvalue weighted by atomic mass is 10.1. The smallest absolute Gasteiger partial charge is 0.478 e. The number of azide groups is 1. The van der Waals surface area contributed by atoms with Gasteiger partial charge in [-0.3, -0.25) is 0 Å². The predicted octanol–water partition coefficient (Wildman–Crippen LogP) is 4.00. The maximum absolute atomic E-state index is 12.2. The van der Waals surface area contributed by atoms with Crippen LogP contribution in [-0.4, -0.2) is 24.0 Å². The van der Waals surface area contributed by atoms with Gasteiger partial charge < -0.3 is 9.84 Å². The lowest BCUT2D eigenvalue weighted by Crippen LogP contribution is -2.19. The third kappa shape index (κ3) is 5.87. The molecular formula is C12H10F3N3O3. The van der Waals surface area contributed by atoms with Gasteiger partial charge in [0.1, 0.15) is 11.3 Å². The first kappa shape index (κ1) is 16.4. The van der Waals surface area contributed by atoms with Crippen LogP contribution in [0.5, 0.6) is 5.75 Å². The summed E-state index contributed by atoms with van der Waals surface area (Å²) in [5.74, 6) is -2.31. The number of nitrogens with zero attached hydrogens (tertiary/aromatic N) is 3. The van der Waals surface area contributed by atoms with E-state index in [9.17, 15) is 18.0 Å². The van der Waals surface area contributed by atoms with Crippen LogP contribution in [0.3, 0.4) is 0 Å². The Morgan fingerprint density at radius 3 is 2.76 bits per heavy atom. The van der Waals surface area contributed by atoms with E-state index in [0.717, 1.165) is 12.1 Å². The third-order valence-electron chi connectivity index (χ3n) is 2.23. The van der Waals surface area contributed by atoms with Crippen LogP contribution >= 0.6 is 0 Å². The molecule has 0 atom stereocenters. The Labute approximate surface area is 117 Å². The summed E-state index contributed by atoms with van der Waals surface area (Å²) in [6, 6.07) is 3.34. The maximum Gasteiger partial charge on any atom is 0.573 e. The number of carboxylic acid groups (broad SMARTS) is 1. The van der Waals surface area contributed by atoms with E-state index in [1.54, 1.807) is 6.08 Å². The van der Waals surface area contributed by atoms with E-state index in [-0.39, 0.29) is 6.54 Å². The van der Waals surface area contributed by atoms with Crippen LogP contribution in [0.4, 0.5) is 13.2 Å². The van der Waals surface area contributed by atoms with Crippen molar-refractivity contribution in [1.82, 2.24) is 0 Å². The van der Waals surface area contributed by atoms with Gasteiger partial charge in [0, 0.05) is 11.5 Å². The van der Waals surface area contributed by atoms with Gasteiger partial charge >= 0.3 is 12.3 Å². The molecule has 1 aromatic carbocycles. The van der Waals surface area contributed by atoms with Gasteiger partial charge in [-0.05, 0) is 29.6 Å². The molecule has 0 aliphatic carbocycles. The topological polar surface area (TPSA) is 95.3 Å². The lowest BCUT2D eigenvalue weighted by molar-refractivity contribution is -0.274. The van der Waals surface area contributed by atoms with Crippen molar-refractivity contribution in [2.24, 2.45) is 5.11 Å². The molecule has 0 fully saturated rings. The number of alkyl halides is 3. The third-order valence-corrected chi connectivity index (χ3v) is 2.23. The molecule has 0 aliphatic rings. The average molecular weight is 301 g/mol. The van der Waals surface area contributed by atoms with E-state index in [0.29, 0.717) is 12.0 Å². The Morgan fingerprint density at radius 1 is 1.48 bits per heavy atom. The maximum atomic E-state index is 12.2. The van der Waals surface area contributed by atoms with Crippen molar-refractivity contribution in [2.45, 2.75) is 12.8 Å². The number of ether oxygens (including phenoxy) is 1. The van der Waals surface area contributed by atoms with Crippen LogP contribution in [0.2, 0.25) is 0 Å². The zero-order valence-electron chi connectivity index (χ0n) is 10.5. The van der Waals surface area contributed by atoms with Crippen molar-refractivity contribution in [3.05, 3.63) is 45.8 Å². The summed E-state index contributed by atoms with van der Waals surface area (Å²) in [6.07, 6.45) is -1.52. The van der Waals surface area contributed by atoms with E-state index in [2.05, 4.69) is 14.8 Å². The Hall–Kier alpha value is -2.67. The quantitative estimate of drug-likeness (QED) is 0.372. The second-order valence-electron chi connectivity index (χ2n) is 3.75. The lowest BCUT2D eigenvalue weighted by Gasteiger charge is -2.11. The molecule has 0 aliphatic heterocycles. The molecule has 0 unspecified atom stereocenters. The molecule has 21 heavy (non-hydrogen) atoms. The van der Waals surface area contributed by atoms with Crippen LogP contribution in [0.1, 0.15) is 22.3 Å². The van der Waals surface area contributed by atoms with Gasteiger partial charge in [0.15, 0.2) is 0 Å². The second-order valence-corrected chi connectivity index (χ2v) is 3.75. The zero-order chi connectivity index (χ0) is 15.9. The molecule has 0 radical (unpaired) electrons. The number of rotatable bonds is 6. The van der Waals surface area contributed by atoms with Crippen molar-refractivity contribution >= 4 is 12.0 Å². The fourth-order valence-electron chi connectivity index (χ4n) is 1.42. The Morgan fingerprint density at radius 2 is 2.19 bits per heavy atom. The van der Waals surface area contributed by atoms with Gasteiger partial charge in [-0.1, -0.05) is 23.3 Å². The van der Waals surface area contributed by atoms with Crippen LogP contribution in [0.25, 0.3) is 16.5 Å². The molecule has 1 aromatic rings. The largest absolute Gasteiger partial charge is 0.573 e. The minimum absolute atomic E-state index is 0.214. The number of benzene rings is 1. The molecule has 1 N–H and O–H groups in total. The van der Waals surface area contributed by atoms with Crippen molar-refractivity contribution in [2.75, 3.05) is 6.54 Å². The fraction of sp³-hybridized carbons (Fsp3) is 0.250. The normalized spacial score (nSPS) is 11.2. The van der Waals surface area contributed by atoms with Crippen LogP contribution in [0, 0.1) is 0 Å². The number of halogens is 3. The van der Waals surface area contributed by atoms with Crippen molar-refractivity contribution < 1.29 is 27.8 Å². The summed E-state index contributed by atoms with van der Waals surface area (Å²) in [5.41, 5.74) is 7.81. The van der Waals surface area contributed by atoms with Gasteiger partial charge in [-0.2, -0.15) is 0 Å². The number of hydrogen-bond donors (Lipinski definition) is 1. The number of carbonyl (C=O) groups is 1. The molecule has 0 aromatic heterocycles. The Balaban J connectivity index is 2.95. The van der Waals surface area contributed by atoms with Crippen LogP contribution in [0.15, 0.2) is 29.4 Å². The van der Waals surface area contributed by atoms with E-state index < -0.39 is 23.6 Å². The number of hydrogen-bond acceptors (Lipinski definition) is 3. The Kier molecular flexibility index (Phi) is 5.62. The zero-order valence-corrected chi connectivity index (χ0v) is 10.5. The predicted molar refractivity (Wildman–Crippen MR) is 67.7 cm³/mol. The highest BCUT2D eigenvalue weighted by atomic mass is 19.4. The molecule has 0 saturated heterocycles. The minimum atomic E-state index is -4.98. The van der Waals surface area contributed by atoms with Gasteiger partial charge in [0.2, 0.25) is 0 Å². The van der Waals surface area contributed by atoms with Gasteiger partial charge in [0.05, 0.1) is 0 Å². The average Bonchev–Trinajstić information content (AvgIpc) is 2.36. The van der Waals surface area contributed by atoms with Crippen LogP contribution in [-0.2, 0) is 0 Å². The fourth-order valence-corrected chi connectivity index (χ4v) is 1.42. The SMILES string of the molecule is [N-]=[N+]=NCCC=Cc1ccc(C(=O)O)c(OC(F)(F)F)c1. The first-order valence-corrected chi connectivity index (χ1v) is 5.64. The highest BCUT2D eigenvalue weighted by Crippen LogP contribution is 2.28. The molecule has 0 heterocycles. The molecular weight excluding hydrogens is 291 g/mol. The first-order chi connectivity index (χ1) is 9.83. The second kappa shape index (κ2) is 7.20. The highest BCUT2D eigenvalue weighted by molar-refractivity contribution is 5.91. The summed E-state index contributed by atoms with van der Waals surface area (Å²) in [4.78, 5) is 13.4. The molecule has 0 bridgehead atoms. The highest BCUT2D eigenvalue weighted by Gasteiger charge is 2.33. The van der Waals surface area contributed by atoms with E-state index >= 15 is 0 Å². The summed E-state index contributed by atoms with van der Waals surface area (Å²) < 4.78 is 40.4. The Bertz CT molecular complexity index is 593. The molecule has 6 nitrogen and oxygen atoms in total. The van der Waals surface area contributed by atoms with Gasteiger partial charge in [-0.15, -0.1) is 13.2 Å². The molecule has 112 valence electrons. The monoisotopic (exact) mass is 301 g/mol. The van der Waals surface area contributed by atoms with E-state index in [4.69, 9.17) is 10.6 Å².